The van der Waals surface area contributed by atoms with Gasteiger partial charge in [0, 0.05) is 0 Å². The molecule has 0 bridgehead atoms. The van der Waals surface area contributed by atoms with Crippen molar-refractivity contribution in [2.75, 3.05) is 0 Å². The largest absolute Gasteiger partial charge is 0.736 e. The maximum atomic E-state index is 12.0. The van der Waals surface area contributed by atoms with Crippen LogP contribution in [0.4, 0.5) is 0 Å². The number of phosphoric acid groups is 1. The Bertz CT molecular complexity index is 652. The normalized spacial score (nSPS) is 11.3. The Labute approximate surface area is 125 Å². The molecule has 2 aromatic carbocycles. The maximum Gasteiger partial charge on any atom is 0.372 e. The van der Waals surface area contributed by atoms with Crippen LogP contribution in [-0.2, 0) is 4.57 Å². The van der Waals surface area contributed by atoms with Crippen LogP contribution in [-0.4, -0.2) is 0 Å². The van der Waals surface area contributed by atoms with Crippen molar-refractivity contribution in [3.63, 3.8) is 0 Å². The van der Waals surface area contributed by atoms with E-state index in [0.717, 1.165) is 22.3 Å². The molecule has 5 heteroatoms. The van der Waals surface area contributed by atoms with Crippen LogP contribution in [0.1, 0.15) is 22.3 Å². The van der Waals surface area contributed by atoms with Crippen molar-refractivity contribution in [3.8, 4) is 11.5 Å². The second-order valence-electron chi connectivity index (χ2n) is 5.17. The third-order valence-corrected chi connectivity index (χ3v) is 3.92. The summed E-state index contributed by atoms with van der Waals surface area (Å²) in [6.07, 6.45) is 0. The van der Waals surface area contributed by atoms with Crippen molar-refractivity contribution >= 4 is 7.82 Å². The molecule has 0 aliphatic rings. The van der Waals surface area contributed by atoms with Crippen molar-refractivity contribution in [1.82, 2.24) is 0 Å². The zero-order valence-electron chi connectivity index (χ0n) is 12.5. The van der Waals surface area contributed by atoms with Gasteiger partial charge in [0.25, 0.3) is 0 Å². The van der Waals surface area contributed by atoms with E-state index in [-0.39, 0.29) is 11.5 Å². The molecule has 2 aromatic rings. The Balaban J connectivity index is 2.20. The van der Waals surface area contributed by atoms with Crippen LogP contribution in [0.3, 0.4) is 0 Å². The topological polar surface area (TPSA) is 58.6 Å². The number of phosphoric ester groups is 1. The molecule has 0 heterocycles. The standard InChI is InChI=1S/C16H19O4P/c1-11-5-7-15(13(3)9-11)19-21(17,18)20-16-8-6-12(2)10-14(16)4/h5-10H,1-4H3,(H,17,18)/p-1. The fourth-order valence-corrected chi connectivity index (χ4v) is 2.99. The van der Waals surface area contributed by atoms with Gasteiger partial charge < -0.3 is 13.9 Å². The summed E-state index contributed by atoms with van der Waals surface area (Å²) in [5, 5.41) is 0. The first-order valence-electron chi connectivity index (χ1n) is 6.61. The Morgan fingerprint density at radius 1 is 0.810 bits per heavy atom. The molecule has 0 aliphatic heterocycles. The van der Waals surface area contributed by atoms with Gasteiger partial charge in [-0.3, -0.25) is 0 Å². The first-order valence-corrected chi connectivity index (χ1v) is 8.08. The first-order chi connectivity index (χ1) is 9.77. The molecule has 0 spiro atoms. The SMILES string of the molecule is Cc1ccc(OP(=O)([O-])Oc2ccc(C)cc2C)c(C)c1. The fourth-order valence-electron chi connectivity index (χ4n) is 2.06. The van der Waals surface area contributed by atoms with Gasteiger partial charge in [-0.2, -0.15) is 0 Å². The predicted molar refractivity (Wildman–Crippen MR) is 80.7 cm³/mol. The average Bonchev–Trinajstić information content (AvgIpc) is 2.36. The summed E-state index contributed by atoms with van der Waals surface area (Å²) in [5.41, 5.74) is 3.57. The second kappa shape index (κ2) is 5.92. The van der Waals surface area contributed by atoms with E-state index >= 15 is 0 Å². The van der Waals surface area contributed by atoms with Crippen LogP contribution in [0, 0.1) is 27.7 Å². The average molecular weight is 305 g/mol. The number of rotatable bonds is 4. The summed E-state index contributed by atoms with van der Waals surface area (Å²) in [5.74, 6) is 0.562. The summed E-state index contributed by atoms with van der Waals surface area (Å²) in [6.45, 7) is 7.44. The summed E-state index contributed by atoms with van der Waals surface area (Å²) in [7, 11) is -4.47. The van der Waals surface area contributed by atoms with Crippen molar-refractivity contribution in [3.05, 3.63) is 58.7 Å². The predicted octanol–water partition coefficient (Wildman–Crippen LogP) is 3.85. The van der Waals surface area contributed by atoms with Crippen LogP contribution >= 0.6 is 7.82 Å². The molecule has 0 saturated carbocycles. The van der Waals surface area contributed by atoms with Gasteiger partial charge in [0.15, 0.2) is 0 Å². The highest BCUT2D eigenvalue weighted by atomic mass is 31.2. The minimum Gasteiger partial charge on any atom is -0.736 e. The second-order valence-corrected chi connectivity index (χ2v) is 6.43. The zero-order chi connectivity index (χ0) is 15.6. The zero-order valence-corrected chi connectivity index (χ0v) is 13.4. The van der Waals surface area contributed by atoms with Crippen molar-refractivity contribution in [2.24, 2.45) is 0 Å². The highest BCUT2D eigenvalue weighted by molar-refractivity contribution is 7.46. The van der Waals surface area contributed by atoms with Gasteiger partial charge in [0.05, 0.1) is 0 Å². The lowest BCUT2D eigenvalue weighted by Gasteiger charge is -2.25. The molecular weight excluding hydrogens is 287 g/mol. The number of benzene rings is 2. The van der Waals surface area contributed by atoms with E-state index in [2.05, 4.69) is 0 Å². The van der Waals surface area contributed by atoms with Crippen LogP contribution < -0.4 is 13.9 Å². The van der Waals surface area contributed by atoms with E-state index in [9.17, 15) is 9.46 Å². The minimum absolute atomic E-state index is 0.281. The Hall–Kier alpha value is -1.77. The third kappa shape index (κ3) is 4.10. The van der Waals surface area contributed by atoms with Crippen LogP contribution in [0.5, 0.6) is 11.5 Å². The molecular formula is C16H18O4P-. The van der Waals surface area contributed by atoms with Gasteiger partial charge in [-0.05, 0) is 51.0 Å². The lowest BCUT2D eigenvalue weighted by Crippen LogP contribution is -2.14. The highest BCUT2D eigenvalue weighted by Gasteiger charge is 2.16. The molecule has 0 unspecified atom stereocenters. The molecule has 0 atom stereocenters. The van der Waals surface area contributed by atoms with Gasteiger partial charge in [-0.15, -0.1) is 0 Å². The highest BCUT2D eigenvalue weighted by Crippen LogP contribution is 2.42. The lowest BCUT2D eigenvalue weighted by molar-refractivity contribution is -0.208. The number of hydrogen-bond acceptors (Lipinski definition) is 4. The van der Waals surface area contributed by atoms with E-state index in [0.29, 0.717) is 0 Å². The fraction of sp³-hybridized carbons (Fsp3) is 0.250. The lowest BCUT2D eigenvalue weighted by atomic mass is 10.1. The van der Waals surface area contributed by atoms with E-state index in [4.69, 9.17) is 9.05 Å². The van der Waals surface area contributed by atoms with Crippen LogP contribution in [0.15, 0.2) is 36.4 Å². The molecule has 0 amide bonds. The molecule has 0 fully saturated rings. The molecule has 0 radical (unpaired) electrons. The van der Waals surface area contributed by atoms with Crippen LogP contribution in [0.2, 0.25) is 0 Å². The molecule has 21 heavy (non-hydrogen) atoms. The molecule has 0 N–H and O–H groups in total. The molecule has 0 aliphatic carbocycles. The van der Waals surface area contributed by atoms with E-state index in [1.54, 1.807) is 38.1 Å². The monoisotopic (exact) mass is 305 g/mol. The van der Waals surface area contributed by atoms with Gasteiger partial charge in [0.2, 0.25) is 0 Å². The Kier molecular flexibility index (Phi) is 4.40. The number of hydrogen-bond donors (Lipinski definition) is 0. The van der Waals surface area contributed by atoms with Gasteiger partial charge in [-0.25, -0.2) is 4.57 Å². The van der Waals surface area contributed by atoms with Crippen LogP contribution in [0.25, 0.3) is 0 Å². The van der Waals surface area contributed by atoms with E-state index < -0.39 is 7.82 Å². The molecule has 0 saturated heterocycles. The van der Waals surface area contributed by atoms with Gasteiger partial charge >= 0.3 is 7.82 Å². The molecule has 0 aromatic heterocycles. The van der Waals surface area contributed by atoms with Gasteiger partial charge in [-0.1, -0.05) is 35.4 Å². The van der Waals surface area contributed by atoms with Gasteiger partial charge in [0.1, 0.15) is 11.5 Å². The maximum absolute atomic E-state index is 12.0. The molecule has 4 nitrogen and oxygen atoms in total. The Morgan fingerprint density at radius 3 is 1.52 bits per heavy atom. The molecule has 2 rings (SSSR count). The van der Waals surface area contributed by atoms with Crippen molar-refractivity contribution in [1.29, 1.82) is 0 Å². The quantitative estimate of drug-likeness (QED) is 0.805. The summed E-state index contributed by atoms with van der Waals surface area (Å²) < 4.78 is 22.1. The summed E-state index contributed by atoms with van der Waals surface area (Å²) in [4.78, 5) is 12.0. The van der Waals surface area contributed by atoms with Crippen molar-refractivity contribution in [2.45, 2.75) is 27.7 Å². The summed E-state index contributed by atoms with van der Waals surface area (Å²) in [6, 6.07) is 10.5. The minimum atomic E-state index is -4.47. The van der Waals surface area contributed by atoms with Crippen molar-refractivity contribution < 1.29 is 18.5 Å². The smallest absolute Gasteiger partial charge is 0.372 e. The van der Waals surface area contributed by atoms with E-state index in [1.807, 2.05) is 26.0 Å². The molecule has 112 valence electrons. The third-order valence-electron chi connectivity index (χ3n) is 3.08. The summed E-state index contributed by atoms with van der Waals surface area (Å²) >= 11 is 0. The first kappa shape index (κ1) is 15.6. The Morgan fingerprint density at radius 2 is 1.19 bits per heavy atom. The number of aryl methyl sites for hydroxylation is 4. The van der Waals surface area contributed by atoms with E-state index in [1.165, 1.54) is 0 Å².